The summed E-state index contributed by atoms with van der Waals surface area (Å²) in [5, 5.41) is 5.57. The monoisotopic (exact) mass is 362 g/mol. The predicted molar refractivity (Wildman–Crippen MR) is 105 cm³/mol. The van der Waals surface area contributed by atoms with Gasteiger partial charge >= 0.3 is 0 Å². The van der Waals surface area contributed by atoms with Gasteiger partial charge in [0, 0.05) is 24.2 Å². The van der Waals surface area contributed by atoms with E-state index in [-0.39, 0.29) is 18.4 Å². The van der Waals surface area contributed by atoms with Crippen molar-refractivity contribution in [2.75, 3.05) is 12.4 Å². The van der Waals surface area contributed by atoms with Gasteiger partial charge in [0.25, 0.3) is 5.91 Å². The molecule has 6 heteroatoms. The smallest absolute Gasteiger partial charge is 0.251 e. The highest BCUT2D eigenvalue weighted by Crippen LogP contribution is 2.40. The molecule has 3 aromatic rings. The summed E-state index contributed by atoms with van der Waals surface area (Å²) in [6, 6.07) is 13.2. The Bertz CT molecular complexity index is 1030. The first-order chi connectivity index (χ1) is 13.1. The zero-order valence-electron chi connectivity index (χ0n) is 15.5. The van der Waals surface area contributed by atoms with Gasteiger partial charge in [-0.05, 0) is 49.6 Å². The predicted octanol–water partition coefficient (Wildman–Crippen LogP) is 3.22. The fraction of sp³-hybridized carbons (Fsp3) is 0.286. The number of nitrogens with one attached hydrogen (secondary N) is 2. The fourth-order valence-electron chi connectivity index (χ4n) is 3.40. The van der Waals surface area contributed by atoms with Crippen LogP contribution in [0, 0.1) is 6.92 Å². The van der Waals surface area contributed by atoms with E-state index in [0.29, 0.717) is 17.2 Å². The van der Waals surface area contributed by atoms with Crippen LogP contribution >= 0.6 is 0 Å². The normalized spacial score (nSPS) is 13.6. The van der Waals surface area contributed by atoms with Gasteiger partial charge in [-0.25, -0.2) is 4.98 Å². The van der Waals surface area contributed by atoms with Gasteiger partial charge in [-0.2, -0.15) is 0 Å². The molecule has 0 bridgehead atoms. The van der Waals surface area contributed by atoms with Crippen LogP contribution in [0.15, 0.2) is 42.5 Å². The third kappa shape index (κ3) is 3.30. The van der Waals surface area contributed by atoms with E-state index in [1.54, 1.807) is 19.2 Å². The van der Waals surface area contributed by atoms with Crippen LogP contribution in [0.3, 0.4) is 0 Å². The molecule has 0 unspecified atom stereocenters. The van der Waals surface area contributed by atoms with Gasteiger partial charge in [-0.3, -0.25) is 9.59 Å². The van der Waals surface area contributed by atoms with E-state index in [1.807, 2.05) is 41.8 Å². The summed E-state index contributed by atoms with van der Waals surface area (Å²) in [7, 11) is 1.59. The number of para-hydroxylation sites is 2. The van der Waals surface area contributed by atoms with Gasteiger partial charge in [0.15, 0.2) is 0 Å². The lowest BCUT2D eigenvalue weighted by Crippen LogP contribution is -2.22. The number of fused-ring (bicyclic) bond motifs is 1. The highest BCUT2D eigenvalue weighted by atomic mass is 16.2. The van der Waals surface area contributed by atoms with E-state index < -0.39 is 0 Å². The molecule has 0 radical (unpaired) electrons. The largest absolute Gasteiger partial charge is 0.355 e. The average Bonchev–Trinajstić information content (AvgIpc) is 3.46. The Hall–Kier alpha value is -3.15. The minimum absolute atomic E-state index is 0.128. The van der Waals surface area contributed by atoms with Crippen LogP contribution in [0.4, 0.5) is 5.69 Å². The maximum absolute atomic E-state index is 12.8. The summed E-state index contributed by atoms with van der Waals surface area (Å²) in [5.74, 6) is 1.14. The number of carbonyl (C=O) groups excluding carboxylic acids is 2. The van der Waals surface area contributed by atoms with Gasteiger partial charge in [0.05, 0.1) is 11.0 Å². The molecular weight excluding hydrogens is 340 g/mol. The molecule has 2 amide bonds. The lowest BCUT2D eigenvalue weighted by molar-refractivity contribution is -0.116. The summed E-state index contributed by atoms with van der Waals surface area (Å²) in [5.41, 5.74) is 3.86. The molecule has 1 fully saturated rings. The molecule has 1 saturated carbocycles. The van der Waals surface area contributed by atoms with Gasteiger partial charge in [0.2, 0.25) is 5.91 Å². The summed E-state index contributed by atoms with van der Waals surface area (Å²) in [6.45, 7) is 2.04. The van der Waals surface area contributed by atoms with E-state index >= 15 is 0 Å². The average molecular weight is 362 g/mol. The molecule has 0 spiro atoms. The number of rotatable bonds is 5. The van der Waals surface area contributed by atoms with Crippen LogP contribution in [0.25, 0.3) is 11.0 Å². The lowest BCUT2D eigenvalue weighted by atomic mass is 10.1. The van der Waals surface area contributed by atoms with Crippen LogP contribution in [0.5, 0.6) is 0 Å². The Morgan fingerprint density at radius 1 is 1.15 bits per heavy atom. The van der Waals surface area contributed by atoms with Crippen molar-refractivity contribution >= 4 is 28.5 Å². The Morgan fingerprint density at radius 2 is 1.93 bits per heavy atom. The fourth-order valence-corrected chi connectivity index (χ4v) is 3.40. The Kier molecular flexibility index (Phi) is 4.39. The number of benzene rings is 2. The summed E-state index contributed by atoms with van der Waals surface area (Å²) in [6.07, 6.45) is 2.25. The molecule has 4 rings (SSSR count). The van der Waals surface area contributed by atoms with Crippen molar-refractivity contribution in [1.29, 1.82) is 0 Å². The van der Waals surface area contributed by atoms with E-state index in [2.05, 4.69) is 10.6 Å². The van der Waals surface area contributed by atoms with Crippen LogP contribution in [-0.2, 0) is 11.3 Å². The second kappa shape index (κ2) is 6.87. The number of amides is 2. The molecule has 2 aromatic carbocycles. The Balaban J connectivity index is 1.60. The number of nitrogens with zero attached hydrogens (tertiary/aromatic N) is 2. The number of anilines is 1. The topological polar surface area (TPSA) is 76.0 Å². The molecule has 27 heavy (non-hydrogen) atoms. The first kappa shape index (κ1) is 17.3. The SMILES string of the molecule is CNC(=O)c1cccc(NC(=O)Cn2c(C3CC3)nc3ccccc32)c1C. The molecule has 0 saturated heterocycles. The van der Waals surface area contributed by atoms with Crippen molar-refractivity contribution in [2.45, 2.75) is 32.2 Å². The van der Waals surface area contributed by atoms with Gasteiger partial charge in [-0.15, -0.1) is 0 Å². The van der Waals surface area contributed by atoms with Gasteiger partial charge in [-0.1, -0.05) is 18.2 Å². The number of imidazole rings is 1. The molecular formula is C21H22N4O2. The molecule has 1 aromatic heterocycles. The highest BCUT2D eigenvalue weighted by molar-refractivity contribution is 5.99. The summed E-state index contributed by atoms with van der Waals surface area (Å²) >= 11 is 0. The molecule has 1 aliphatic rings. The van der Waals surface area contributed by atoms with Crippen molar-refractivity contribution < 1.29 is 9.59 Å². The number of hydrogen-bond acceptors (Lipinski definition) is 3. The van der Waals surface area contributed by atoms with E-state index in [1.165, 1.54) is 0 Å². The lowest BCUT2D eigenvalue weighted by Gasteiger charge is -2.13. The minimum atomic E-state index is -0.166. The summed E-state index contributed by atoms with van der Waals surface area (Å²) in [4.78, 5) is 29.5. The van der Waals surface area contributed by atoms with E-state index in [0.717, 1.165) is 35.3 Å². The van der Waals surface area contributed by atoms with E-state index in [9.17, 15) is 9.59 Å². The Labute approximate surface area is 157 Å². The first-order valence-corrected chi connectivity index (χ1v) is 9.15. The van der Waals surface area contributed by atoms with E-state index in [4.69, 9.17) is 4.98 Å². The highest BCUT2D eigenvalue weighted by Gasteiger charge is 2.30. The van der Waals surface area contributed by atoms with Crippen LogP contribution in [0.1, 0.15) is 40.5 Å². The first-order valence-electron chi connectivity index (χ1n) is 9.15. The number of carbonyl (C=O) groups is 2. The second-order valence-corrected chi connectivity index (χ2v) is 6.92. The zero-order valence-corrected chi connectivity index (χ0v) is 15.5. The van der Waals surface area contributed by atoms with Gasteiger partial charge in [0.1, 0.15) is 12.4 Å². The molecule has 1 aliphatic carbocycles. The molecule has 0 aliphatic heterocycles. The second-order valence-electron chi connectivity index (χ2n) is 6.92. The third-order valence-electron chi connectivity index (χ3n) is 5.01. The van der Waals surface area contributed by atoms with Crippen molar-refractivity contribution in [3.05, 3.63) is 59.4 Å². The summed E-state index contributed by atoms with van der Waals surface area (Å²) < 4.78 is 2.01. The molecule has 0 atom stereocenters. The number of hydrogen-bond donors (Lipinski definition) is 2. The van der Waals surface area contributed by atoms with Crippen LogP contribution < -0.4 is 10.6 Å². The maximum Gasteiger partial charge on any atom is 0.251 e. The minimum Gasteiger partial charge on any atom is -0.355 e. The number of aromatic nitrogens is 2. The quantitative estimate of drug-likeness (QED) is 0.732. The van der Waals surface area contributed by atoms with Crippen molar-refractivity contribution in [3.63, 3.8) is 0 Å². The molecule has 2 N–H and O–H groups in total. The third-order valence-corrected chi connectivity index (χ3v) is 5.01. The van der Waals surface area contributed by atoms with Gasteiger partial charge < -0.3 is 15.2 Å². The molecule has 1 heterocycles. The van der Waals surface area contributed by atoms with Crippen molar-refractivity contribution in [1.82, 2.24) is 14.9 Å². The van der Waals surface area contributed by atoms with Crippen molar-refractivity contribution in [3.8, 4) is 0 Å². The maximum atomic E-state index is 12.8. The molecule has 6 nitrogen and oxygen atoms in total. The van der Waals surface area contributed by atoms with Crippen molar-refractivity contribution in [2.24, 2.45) is 0 Å². The zero-order chi connectivity index (χ0) is 19.0. The van der Waals surface area contributed by atoms with Crippen LogP contribution in [-0.4, -0.2) is 28.4 Å². The molecule has 138 valence electrons. The Morgan fingerprint density at radius 3 is 2.67 bits per heavy atom. The standard InChI is InChI=1S/C21H22N4O2/c1-13-15(21(27)22-2)6-5-8-16(13)23-19(26)12-25-18-9-4-3-7-17(18)24-20(25)14-10-11-14/h3-9,14H,10-12H2,1-2H3,(H,22,27)(H,23,26). The van der Waals surface area contributed by atoms with Crippen LogP contribution in [0.2, 0.25) is 0 Å².